The minimum atomic E-state index is 0.895. The molecule has 10 heavy (non-hydrogen) atoms. The zero-order chi connectivity index (χ0) is 7.82. The zero-order valence-electron chi connectivity index (χ0n) is 7.52. The number of thioether (sulfide) groups is 1. The van der Waals surface area contributed by atoms with E-state index in [1.165, 1.54) is 30.8 Å². The maximum Gasteiger partial charge on any atom is -0.00676 e. The van der Waals surface area contributed by atoms with Gasteiger partial charge in [0.1, 0.15) is 0 Å². The van der Waals surface area contributed by atoms with E-state index in [0.717, 1.165) is 5.92 Å². The van der Waals surface area contributed by atoms with Gasteiger partial charge in [0.2, 0.25) is 0 Å². The van der Waals surface area contributed by atoms with Crippen LogP contribution in [0.3, 0.4) is 0 Å². The average molecular weight is 160 g/mol. The molecule has 0 aliphatic heterocycles. The van der Waals surface area contributed by atoms with Crippen LogP contribution in [0.25, 0.3) is 0 Å². The van der Waals surface area contributed by atoms with Crippen molar-refractivity contribution >= 4 is 11.8 Å². The van der Waals surface area contributed by atoms with Crippen molar-refractivity contribution in [3.05, 3.63) is 0 Å². The molecule has 0 rings (SSSR count). The molecular formula is C9H20S. The van der Waals surface area contributed by atoms with E-state index >= 15 is 0 Å². The molecule has 0 aliphatic carbocycles. The van der Waals surface area contributed by atoms with Gasteiger partial charge in [-0.25, -0.2) is 0 Å². The van der Waals surface area contributed by atoms with E-state index in [1.54, 1.807) is 0 Å². The van der Waals surface area contributed by atoms with Gasteiger partial charge < -0.3 is 0 Å². The summed E-state index contributed by atoms with van der Waals surface area (Å²) in [5.74, 6) is 3.54. The van der Waals surface area contributed by atoms with Gasteiger partial charge >= 0.3 is 0 Å². The molecule has 0 radical (unpaired) electrons. The third-order valence-electron chi connectivity index (χ3n) is 1.52. The van der Waals surface area contributed by atoms with Crippen molar-refractivity contribution in [3.63, 3.8) is 0 Å². The fourth-order valence-corrected chi connectivity index (χ4v) is 1.60. The average Bonchev–Trinajstić information content (AvgIpc) is 1.87. The predicted molar refractivity (Wildman–Crippen MR) is 51.7 cm³/mol. The molecule has 0 unspecified atom stereocenters. The van der Waals surface area contributed by atoms with E-state index in [9.17, 15) is 0 Å². The van der Waals surface area contributed by atoms with Crippen LogP contribution < -0.4 is 0 Å². The van der Waals surface area contributed by atoms with E-state index in [0.29, 0.717) is 0 Å². The smallest absolute Gasteiger partial charge is 0.00676 e. The van der Waals surface area contributed by atoms with Gasteiger partial charge in [-0.05, 0) is 23.8 Å². The monoisotopic (exact) mass is 160 g/mol. The van der Waals surface area contributed by atoms with Crippen molar-refractivity contribution in [1.82, 2.24) is 0 Å². The molecule has 0 saturated heterocycles. The lowest BCUT2D eigenvalue weighted by Crippen LogP contribution is -1.88. The Bertz CT molecular complexity index is 59.7. The zero-order valence-corrected chi connectivity index (χ0v) is 8.34. The van der Waals surface area contributed by atoms with Crippen molar-refractivity contribution < 1.29 is 0 Å². The summed E-state index contributed by atoms with van der Waals surface area (Å²) in [6, 6.07) is 0. The quantitative estimate of drug-likeness (QED) is 0.535. The Labute approximate surface area is 69.8 Å². The number of unbranched alkanes of at least 4 members (excludes halogenated alkanes) is 1. The van der Waals surface area contributed by atoms with Crippen molar-refractivity contribution in [3.8, 4) is 0 Å². The highest BCUT2D eigenvalue weighted by Gasteiger charge is 1.92. The topological polar surface area (TPSA) is 0 Å². The van der Waals surface area contributed by atoms with Crippen LogP contribution in [0.5, 0.6) is 0 Å². The second kappa shape index (κ2) is 7.46. The fourth-order valence-electron chi connectivity index (χ4n) is 0.901. The Morgan fingerprint density at radius 2 is 1.90 bits per heavy atom. The second-order valence-electron chi connectivity index (χ2n) is 3.09. The first-order valence-electron chi connectivity index (χ1n) is 4.35. The van der Waals surface area contributed by atoms with Crippen LogP contribution >= 0.6 is 11.8 Å². The first-order chi connectivity index (χ1) is 4.77. The largest absolute Gasteiger partial charge is 0.162 e. The molecule has 0 atom stereocenters. The van der Waals surface area contributed by atoms with Crippen molar-refractivity contribution in [2.75, 3.05) is 11.5 Å². The van der Waals surface area contributed by atoms with Gasteiger partial charge in [0, 0.05) is 0 Å². The van der Waals surface area contributed by atoms with Crippen LogP contribution in [-0.2, 0) is 0 Å². The van der Waals surface area contributed by atoms with Gasteiger partial charge in [0.05, 0.1) is 0 Å². The molecule has 0 heterocycles. The van der Waals surface area contributed by atoms with Crippen LogP contribution in [0.4, 0.5) is 0 Å². The molecule has 0 fully saturated rings. The normalized spacial score (nSPS) is 10.8. The lowest BCUT2D eigenvalue weighted by atomic mass is 10.1. The van der Waals surface area contributed by atoms with Crippen LogP contribution in [0.15, 0.2) is 0 Å². The summed E-state index contributed by atoms with van der Waals surface area (Å²) >= 11 is 2.06. The van der Waals surface area contributed by atoms with E-state index in [4.69, 9.17) is 0 Å². The van der Waals surface area contributed by atoms with Crippen LogP contribution in [0, 0.1) is 5.92 Å². The lowest BCUT2D eigenvalue weighted by molar-refractivity contribution is 0.551. The third kappa shape index (κ3) is 8.35. The summed E-state index contributed by atoms with van der Waals surface area (Å²) < 4.78 is 0. The van der Waals surface area contributed by atoms with Gasteiger partial charge in [-0.15, -0.1) is 0 Å². The molecule has 0 aromatic heterocycles. The highest BCUT2D eigenvalue weighted by molar-refractivity contribution is 7.99. The molecular weight excluding hydrogens is 140 g/mol. The molecule has 0 spiro atoms. The van der Waals surface area contributed by atoms with Gasteiger partial charge in [-0.2, -0.15) is 11.8 Å². The summed E-state index contributed by atoms with van der Waals surface area (Å²) in [5, 5.41) is 0. The molecule has 0 N–H and O–H groups in total. The standard InChI is InChI=1S/C9H20S/c1-4-10-8-6-5-7-9(2)3/h9H,4-8H2,1-3H3. The molecule has 62 valence electrons. The molecule has 0 aromatic carbocycles. The Hall–Kier alpha value is 0.350. The minimum Gasteiger partial charge on any atom is -0.162 e. The van der Waals surface area contributed by atoms with E-state index in [2.05, 4.69) is 32.5 Å². The minimum absolute atomic E-state index is 0.895. The highest BCUT2D eigenvalue weighted by atomic mass is 32.2. The summed E-state index contributed by atoms with van der Waals surface area (Å²) in [4.78, 5) is 0. The first-order valence-corrected chi connectivity index (χ1v) is 5.50. The Morgan fingerprint density at radius 3 is 2.40 bits per heavy atom. The third-order valence-corrected chi connectivity index (χ3v) is 2.51. The SMILES string of the molecule is CCSCCCCC(C)C. The predicted octanol–water partition coefficient (Wildman–Crippen LogP) is 3.57. The van der Waals surface area contributed by atoms with Gasteiger partial charge in [0.15, 0.2) is 0 Å². The van der Waals surface area contributed by atoms with E-state index < -0.39 is 0 Å². The first kappa shape index (κ1) is 10.3. The summed E-state index contributed by atoms with van der Waals surface area (Å²) in [6.07, 6.45) is 4.24. The molecule has 0 aromatic rings. The summed E-state index contributed by atoms with van der Waals surface area (Å²) in [5.41, 5.74) is 0. The highest BCUT2D eigenvalue weighted by Crippen LogP contribution is 2.09. The van der Waals surface area contributed by atoms with Crippen molar-refractivity contribution in [1.29, 1.82) is 0 Å². The van der Waals surface area contributed by atoms with E-state index in [-0.39, 0.29) is 0 Å². The van der Waals surface area contributed by atoms with Gasteiger partial charge in [-0.1, -0.05) is 33.6 Å². The maximum absolute atomic E-state index is 2.30. The Balaban J connectivity index is 2.77. The molecule has 0 saturated carbocycles. The van der Waals surface area contributed by atoms with Crippen molar-refractivity contribution in [2.24, 2.45) is 5.92 Å². The van der Waals surface area contributed by atoms with Crippen molar-refractivity contribution in [2.45, 2.75) is 40.0 Å². The summed E-state index contributed by atoms with van der Waals surface area (Å²) in [7, 11) is 0. The van der Waals surface area contributed by atoms with Crippen LogP contribution in [0.1, 0.15) is 40.0 Å². The maximum atomic E-state index is 2.30. The molecule has 0 aliphatic rings. The molecule has 1 heteroatoms. The molecule has 0 amide bonds. The van der Waals surface area contributed by atoms with Gasteiger partial charge in [-0.3, -0.25) is 0 Å². The number of hydrogen-bond donors (Lipinski definition) is 0. The van der Waals surface area contributed by atoms with Crippen LogP contribution in [-0.4, -0.2) is 11.5 Å². The second-order valence-corrected chi connectivity index (χ2v) is 4.48. The summed E-state index contributed by atoms with van der Waals surface area (Å²) in [6.45, 7) is 6.83. The molecule has 0 nitrogen and oxygen atoms in total. The number of rotatable bonds is 6. The Morgan fingerprint density at radius 1 is 1.20 bits per heavy atom. The number of hydrogen-bond acceptors (Lipinski definition) is 1. The Kier molecular flexibility index (Phi) is 7.72. The lowest BCUT2D eigenvalue weighted by Gasteiger charge is -2.02. The van der Waals surface area contributed by atoms with Gasteiger partial charge in [0.25, 0.3) is 0 Å². The van der Waals surface area contributed by atoms with Crippen LogP contribution in [0.2, 0.25) is 0 Å². The molecule has 0 bridgehead atoms. The van der Waals surface area contributed by atoms with E-state index in [1.807, 2.05) is 0 Å². The fraction of sp³-hybridized carbons (Fsp3) is 1.00.